The minimum atomic E-state index is -1.13. The zero-order chi connectivity index (χ0) is 29.4. The van der Waals surface area contributed by atoms with Gasteiger partial charge in [0, 0.05) is 16.3 Å². The maximum atomic E-state index is 14.0. The second-order valence-electron chi connectivity index (χ2n) is 11.0. The summed E-state index contributed by atoms with van der Waals surface area (Å²) >= 11 is 0. The predicted molar refractivity (Wildman–Crippen MR) is 148 cm³/mol. The molecule has 40 heavy (non-hydrogen) atoms. The van der Waals surface area contributed by atoms with Crippen molar-refractivity contribution in [2.24, 2.45) is 0 Å². The number of aromatic nitrogens is 2. The van der Waals surface area contributed by atoms with Crippen LogP contribution in [0.4, 0.5) is 14.4 Å². The van der Waals surface area contributed by atoms with E-state index in [4.69, 9.17) is 18.9 Å². The SMILES string of the molecule is C=CCOC(=O)Oc1c(-c2c([O-])n(C(=O)OC(C)(C)C)c3ccccc23)c2ccccc2n1C(=O)OC(C)(C)C. The van der Waals surface area contributed by atoms with Crippen LogP contribution < -0.4 is 9.84 Å². The highest BCUT2D eigenvalue weighted by atomic mass is 16.7. The average molecular weight is 548 g/mol. The first kappa shape index (κ1) is 28.3. The molecule has 0 N–H and O–H groups in total. The summed E-state index contributed by atoms with van der Waals surface area (Å²) in [5, 5.41) is 14.8. The minimum absolute atomic E-state index is 0.0338. The van der Waals surface area contributed by atoms with Crippen molar-refractivity contribution in [3.63, 3.8) is 0 Å². The van der Waals surface area contributed by atoms with E-state index >= 15 is 0 Å². The van der Waals surface area contributed by atoms with Crippen molar-refractivity contribution in [2.75, 3.05) is 6.61 Å². The van der Waals surface area contributed by atoms with E-state index in [0.29, 0.717) is 16.3 Å². The molecule has 0 unspecified atom stereocenters. The Hall–Kier alpha value is -4.73. The number of hydrogen-bond donors (Lipinski definition) is 0. The number of nitrogens with zero attached hydrogens (tertiary/aromatic N) is 2. The third-order valence-electron chi connectivity index (χ3n) is 5.56. The van der Waals surface area contributed by atoms with Crippen LogP contribution >= 0.6 is 0 Å². The zero-order valence-corrected chi connectivity index (χ0v) is 23.3. The van der Waals surface area contributed by atoms with Gasteiger partial charge in [-0.05, 0) is 59.6 Å². The number of carbonyl (C=O) groups is 3. The van der Waals surface area contributed by atoms with Gasteiger partial charge in [-0.15, -0.1) is 0 Å². The molecule has 2 heterocycles. The Balaban J connectivity index is 2.08. The van der Waals surface area contributed by atoms with Crippen LogP contribution in [-0.4, -0.2) is 45.3 Å². The van der Waals surface area contributed by atoms with Gasteiger partial charge in [0.05, 0.1) is 16.6 Å². The Morgan fingerprint density at radius 3 is 1.80 bits per heavy atom. The molecule has 2 aromatic carbocycles. The maximum Gasteiger partial charge on any atom is 0.515 e. The Bertz CT molecular complexity index is 1630. The minimum Gasteiger partial charge on any atom is -0.859 e. The number of ether oxygens (including phenoxy) is 4. The summed E-state index contributed by atoms with van der Waals surface area (Å²) in [6.45, 7) is 13.5. The highest BCUT2D eigenvalue weighted by molar-refractivity contribution is 6.13. The second-order valence-corrected chi connectivity index (χ2v) is 11.0. The largest absolute Gasteiger partial charge is 0.859 e. The van der Waals surface area contributed by atoms with Gasteiger partial charge in [-0.2, -0.15) is 0 Å². The molecule has 0 aliphatic heterocycles. The predicted octanol–water partition coefficient (Wildman–Crippen LogP) is 6.60. The summed E-state index contributed by atoms with van der Waals surface area (Å²) in [5.74, 6) is -1.01. The van der Waals surface area contributed by atoms with Gasteiger partial charge in [0.2, 0.25) is 5.88 Å². The molecule has 2 aromatic heterocycles. The third-order valence-corrected chi connectivity index (χ3v) is 5.56. The van der Waals surface area contributed by atoms with Crippen molar-refractivity contribution in [3.8, 4) is 22.9 Å². The van der Waals surface area contributed by atoms with Crippen molar-refractivity contribution in [3.05, 3.63) is 61.2 Å². The molecule has 4 rings (SSSR count). The van der Waals surface area contributed by atoms with Gasteiger partial charge in [0.1, 0.15) is 17.8 Å². The van der Waals surface area contributed by atoms with Crippen molar-refractivity contribution >= 4 is 40.1 Å². The third kappa shape index (κ3) is 5.51. The Kier molecular flexibility index (Phi) is 7.38. The molecule has 0 amide bonds. The number of rotatable bonds is 4. The standard InChI is InChI=1S/C30H32N2O8/c1-8-17-37-28(36)38-25-23(19-14-10-12-16-21(19)32(25)27(35)40-30(5,6)7)22-18-13-9-11-15-20(18)31(24(22)33)26(34)39-29(2,3)4/h8-16,33H,1,17H2,2-7H3/p-1. The first-order valence-corrected chi connectivity index (χ1v) is 12.6. The molecule has 0 fully saturated rings. The summed E-state index contributed by atoms with van der Waals surface area (Å²) < 4.78 is 23.8. The number of carbonyl (C=O) groups excluding carboxylic acids is 3. The monoisotopic (exact) mass is 547 g/mol. The van der Waals surface area contributed by atoms with Crippen LogP contribution in [0.15, 0.2) is 61.2 Å². The van der Waals surface area contributed by atoms with E-state index in [1.807, 2.05) is 0 Å². The summed E-state index contributed by atoms with van der Waals surface area (Å²) in [7, 11) is 0. The fourth-order valence-corrected chi connectivity index (χ4v) is 4.23. The molecule has 10 heteroatoms. The fourth-order valence-electron chi connectivity index (χ4n) is 4.23. The van der Waals surface area contributed by atoms with Crippen molar-refractivity contribution in [1.82, 2.24) is 9.13 Å². The van der Waals surface area contributed by atoms with Crippen LogP contribution in [0.1, 0.15) is 41.5 Å². The smallest absolute Gasteiger partial charge is 0.515 e. The van der Waals surface area contributed by atoms with E-state index in [0.717, 1.165) is 9.13 Å². The summed E-state index contributed by atoms with van der Waals surface area (Å²) in [6.07, 6.45) is -1.49. The summed E-state index contributed by atoms with van der Waals surface area (Å²) in [5.41, 5.74) is -1.02. The van der Waals surface area contributed by atoms with Gasteiger partial charge in [-0.25, -0.2) is 19.0 Å². The Morgan fingerprint density at radius 2 is 1.27 bits per heavy atom. The lowest BCUT2D eigenvalue weighted by molar-refractivity contribution is -0.275. The van der Waals surface area contributed by atoms with Crippen LogP contribution in [0.5, 0.6) is 11.8 Å². The summed E-state index contributed by atoms with van der Waals surface area (Å²) in [4.78, 5) is 39.4. The second kappa shape index (κ2) is 10.4. The molecule has 0 atom stereocenters. The molecule has 210 valence electrons. The first-order chi connectivity index (χ1) is 18.7. The molecule has 0 spiro atoms. The van der Waals surface area contributed by atoms with Crippen molar-refractivity contribution in [1.29, 1.82) is 0 Å². The zero-order valence-electron chi connectivity index (χ0n) is 23.3. The Morgan fingerprint density at radius 1 is 0.800 bits per heavy atom. The summed E-state index contributed by atoms with van der Waals surface area (Å²) in [6, 6.07) is 13.4. The molecule has 10 nitrogen and oxygen atoms in total. The molecule has 0 bridgehead atoms. The van der Waals surface area contributed by atoms with Gasteiger partial charge >= 0.3 is 18.3 Å². The van der Waals surface area contributed by atoms with Crippen LogP contribution in [0, 0.1) is 0 Å². The lowest BCUT2D eigenvalue weighted by atomic mass is 10.0. The van der Waals surface area contributed by atoms with Gasteiger partial charge < -0.3 is 24.1 Å². The lowest BCUT2D eigenvalue weighted by Gasteiger charge is -2.22. The molecule has 0 aliphatic rings. The van der Waals surface area contributed by atoms with Gasteiger partial charge in [0.15, 0.2) is 0 Å². The quantitative estimate of drug-likeness (QED) is 0.159. The fraction of sp³-hybridized carbons (Fsp3) is 0.300. The highest BCUT2D eigenvalue weighted by Crippen LogP contribution is 2.48. The van der Waals surface area contributed by atoms with Crippen molar-refractivity contribution in [2.45, 2.75) is 52.7 Å². The van der Waals surface area contributed by atoms with Gasteiger partial charge in [-0.1, -0.05) is 49.1 Å². The van der Waals surface area contributed by atoms with Gasteiger partial charge in [-0.3, -0.25) is 4.57 Å². The molecule has 0 radical (unpaired) electrons. The van der Waals surface area contributed by atoms with Crippen LogP contribution in [0.3, 0.4) is 0 Å². The molecule has 0 saturated carbocycles. The van der Waals surface area contributed by atoms with E-state index in [2.05, 4.69) is 6.58 Å². The number of benzene rings is 2. The molecule has 0 aliphatic carbocycles. The maximum absolute atomic E-state index is 14.0. The Labute approximate surface area is 231 Å². The number of fused-ring (bicyclic) bond motifs is 2. The molecule has 0 saturated heterocycles. The number of hydrogen-bond acceptors (Lipinski definition) is 8. The first-order valence-electron chi connectivity index (χ1n) is 12.6. The van der Waals surface area contributed by atoms with Gasteiger partial charge in [0.25, 0.3) is 0 Å². The van der Waals surface area contributed by atoms with E-state index < -0.39 is 35.4 Å². The highest BCUT2D eigenvalue weighted by Gasteiger charge is 2.32. The molecule has 4 aromatic rings. The van der Waals surface area contributed by atoms with Crippen LogP contribution in [0.2, 0.25) is 0 Å². The topological polar surface area (TPSA) is 121 Å². The van der Waals surface area contributed by atoms with Crippen molar-refractivity contribution < 1.29 is 38.4 Å². The number of para-hydroxylation sites is 2. The lowest BCUT2D eigenvalue weighted by Crippen LogP contribution is -2.28. The van der Waals surface area contributed by atoms with E-state index in [-0.39, 0.29) is 29.1 Å². The normalized spacial score (nSPS) is 11.8. The van der Waals surface area contributed by atoms with E-state index in [1.165, 1.54) is 6.08 Å². The van der Waals surface area contributed by atoms with E-state index in [1.54, 1.807) is 90.1 Å². The van der Waals surface area contributed by atoms with Crippen LogP contribution in [0.25, 0.3) is 32.9 Å². The average Bonchev–Trinajstić information content (AvgIpc) is 3.31. The molecular formula is C30H31N2O8-. The molecular weight excluding hydrogens is 516 g/mol. The van der Waals surface area contributed by atoms with Crippen LogP contribution in [-0.2, 0) is 14.2 Å². The van der Waals surface area contributed by atoms with E-state index in [9.17, 15) is 19.5 Å².